The molecular formula is C17H16FN3O5S. The van der Waals surface area contributed by atoms with Crippen LogP contribution in [0.3, 0.4) is 0 Å². The maximum absolute atomic E-state index is 13.9. The summed E-state index contributed by atoms with van der Waals surface area (Å²) in [6.07, 6.45) is 2.12. The van der Waals surface area contributed by atoms with E-state index in [1.807, 2.05) is 0 Å². The topological polar surface area (TPSA) is 116 Å². The average molecular weight is 393 g/mol. The first-order chi connectivity index (χ1) is 12.7. The fourth-order valence-electron chi connectivity index (χ4n) is 2.09. The zero-order valence-corrected chi connectivity index (χ0v) is 15.0. The Bertz CT molecular complexity index is 974. The number of sulfonamides is 1. The van der Waals surface area contributed by atoms with Crippen molar-refractivity contribution < 1.29 is 27.5 Å². The quantitative estimate of drug-likeness (QED) is 0.545. The second-order valence-electron chi connectivity index (χ2n) is 5.44. The summed E-state index contributed by atoms with van der Waals surface area (Å²) < 4.78 is 38.3. The van der Waals surface area contributed by atoms with Crippen LogP contribution in [0.2, 0.25) is 0 Å². The Hall–Kier alpha value is -3.27. The lowest BCUT2D eigenvalue weighted by molar-refractivity contribution is -0.119. The summed E-state index contributed by atoms with van der Waals surface area (Å²) in [6, 6.07) is 10.9. The normalized spacial score (nSPS) is 11.3. The summed E-state index contributed by atoms with van der Waals surface area (Å²) in [6.45, 7) is -0.658. The van der Waals surface area contributed by atoms with Crippen molar-refractivity contribution in [3.8, 4) is 0 Å². The smallest absolute Gasteiger partial charge is 0.335 e. The maximum Gasteiger partial charge on any atom is 0.335 e. The van der Waals surface area contributed by atoms with Crippen molar-refractivity contribution in [3.05, 3.63) is 65.5 Å². The number of para-hydroxylation sites is 1. The van der Waals surface area contributed by atoms with Crippen molar-refractivity contribution >= 4 is 33.8 Å². The number of aromatic carboxylic acids is 1. The van der Waals surface area contributed by atoms with Gasteiger partial charge in [0.2, 0.25) is 10.0 Å². The molecule has 8 nitrogen and oxygen atoms in total. The Morgan fingerprint density at radius 3 is 2.37 bits per heavy atom. The predicted molar refractivity (Wildman–Crippen MR) is 97.7 cm³/mol. The number of hydrazone groups is 1. The first-order valence-electron chi connectivity index (χ1n) is 7.56. The molecule has 0 aromatic heterocycles. The van der Waals surface area contributed by atoms with Gasteiger partial charge in [-0.15, -0.1) is 0 Å². The van der Waals surface area contributed by atoms with Crippen LogP contribution in [-0.4, -0.2) is 44.4 Å². The number of carboxylic acids is 1. The zero-order chi connectivity index (χ0) is 20.0. The molecule has 142 valence electrons. The highest BCUT2D eigenvalue weighted by molar-refractivity contribution is 7.92. The van der Waals surface area contributed by atoms with E-state index in [0.717, 1.165) is 12.3 Å². The lowest BCUT2D eigenvalue weighted by atomic mass is 10.1. The van der Waals surface area contributed by atoms with Gasteiger partial charge in [-0.05, 0) is 29.8 Å². The first kappa shape index (κ1) is 20.0. The Morgan fingerprint density at radius 2 is 1.81 bits per heavy atom. The highest BCUT2D eigenvalue weighted by Gasteiger charge is 2.23. The Balaban J connectivity index is 2.06. The second kappa shape index (κ2) is 8.41. The molecule has 0 aliphatic rings. The minimum atomic E-state index is -3.90. The van der Waals surface area contributed by atoms with E-state index in [1.165, 1.54) is 48.7 Å². The molecule has 0 unspecified atom stereocenters. The van der Waals surface area contributed by atoms with Crippen LogP contribution in [0.4, 0.5) is 10.1 Å². The van der Waals surface area contributed by atoms with E-state index in [4.69, 9.17) is 5.11 Å². The largest absolute Gasteiger partial charge is 0.478 e. The molecule has 0 atom stereocenters. The Kier molecular flexibility index (Phi) is 6.24. The number of hydrogen-bond acceptors (Lipinski definition) is 5. The molecule has 0 aliphatic carbocycles. The predicted octanol–water partition coefficient (Wildman–Crippen LogP) is 1.44. The van der Waals surface area contributed by atoms with E-state index in [1.54, 1.807) is 0 Å². The van der Waals surface area contributed by atoms with Crippen molar-refractivity contribution in [2.45, 2.75) is 0 Å². The van der Waals surface area contributed by atoms with E-state index in [2.05, 4.69) is 10.5 Å². The summed E-state index contributed by atoms with van der Waals surface area (Å²) in [5.41, 5.74) is 2.52. The summed E-state index contributed by atoms with van der Waals surface area (Å²) in [4.78, 5) is 22.8. The molecule has 10 heteroatoms. The molecule has 0 saturated carbocycles. The third kappa shape index (κ3) is 5.61. The number of carbonyl (C=O) groups excluding carboxylic acids is 1. The van der Waals surface area contributed by atoms with Gasteiger partial charge in [0.15, 0.2) is 0 Å². The minimum Gasteiger partial charge on any atom is -0.478 e. The SMILES string of the molecule is CS(=O)(=O)N(CC(=O)N/N=C\c1ccc(C(=O)O)cc1)c1ccccc1F. The molecule has 2 rings (SSSR count). The number of nitrogens with zero attached hydrogens (tertiary/aromatic N) is 2. The van der Waals surface area contributed by atoms with Gasteiger partial charge in [-0.25, -0.2) is 23.0 Å². The van der Waals surface area contributed by atoms with Crippen LogP contribution in [0, 0.1) is 5.82 Å². The number of nitrogens with one attached hydrogen (secondary N) is 1. The van der Waals surface area contributed by atoms with Gasteiger partial charge in [-0.2, -0.15) is 5.10 Å². The van der Waals surface area contributed by atoms with Gasteiger partial charge in [0, 0.05) is 0 Å². The molecule has 0 fully saturated rings. The number of halogens is 1. The van der Waals surface area contributed by atoms with Gasteiger partial charge in [-0.3, -0.25) is 9.10 Å². The Morgan fingerprint density at radius 1 is 1.19 bits per heavy atom. The van der Waals surface area contributed by atoms with Crippen molar-refractivity contribution in [3.63, 3.8) is 0 Å². The van der Waals surface area contributed by atoms with Crippen molar-refractivity contribution in [2.24, 2.45) is 5.10 Å². The average Bonchev–Trinajstić information content (AvgIpc) is 2.60. The van der Waals surface area contributed by atoms with E-state index in [9.17, 15) is 22.4 Å². The third-order valence-electron chi connectivity index (χ3n) is 3.37. The second-order valence-corrected chi connectivity index (χ2v) is 7.35. The summed E-state index contributed by atoms with van der Waals surface area (Å²) in [5.74, 6) is -2.62. The Labute approximate surface area is 155 Å². The number of carbonyl (C=O) groups is 2. The van der Waals surface area contributed by atoms with Crippen LogP contribution in [0.5, 0.6) is 0 Å². The molecule has 2 N–H and O–H groups in total. The lowest BCUT2D eigenvalue weighted by Crippen LogP contribution is -2.39. The molecule has 0 saturated heterocycles. The minimum absolute atomic E-state index is 0.102. The van der Waals surface area contributed by atoms with Crippen LogP contribution in [0.1, 0.15) is 15.9 Å². The number of hydrogen-bond donors (Lipinski definition) is 2. The molecule has 1 amide bonds. The van der Waals surface area contributed by atoms with Crippen LogP contribution in [0.15, 0.2) is 53.6 Å². The van der Waals surface area contributed by atoms with Crippen molar-refractivity contribution in [1.29, 1.82) is 0 Å². The molecular weight excluding hydrogens is 377 g/mol. The number of amides is 1. The molecule has 0 radical (unpaired) electrons. The summed E-state index contributed by atoms with van der Waals surface area (Å²) in [7, 11) is -3.90. The zero-order valence-electron chi connectivity index (χ0n) is 14.2. The molecule has 27 heavy (non-hydrogen) atoms. The standard InChI is InChI=1S/C17H16FN3O5S/c1-27(25,26)21(15-5-3-2-4-14(15)18)11-16(22)20-19-10-12-6-8-13(9-7-12)17(23)24/h2-10H,11H2,1H3,(H,20,22)(H,23,24)/b19-10-. The van der Waals surface area contributed by atoms with Gasteiger partial charge < -0.3 is 5.11 Å². The van der Waals surface area contributed by atoms with E-state index < -0.39 is 34.3 Å². The lowest BCUT2D eigenvalue weighted by Gasteiger charge is -2.21. The summed E-state index contributed by atoms with van der Waals surface area (Å²) in [5, 5.41) is 12.5. The molecule has 2 aromatic rings. The van der Waals surface area contributed by atoms with Gasteiger partial charge in [0.05, 0.1) is 23.7 Å². The third-order valence-corrected chi connectivity index (χ3v) is 4.50. The van der Waals surface area contributed by atoms with E-state index >= 15 is 0 Å². The van der Waals surface area contributed by atoms with Gasteiger partial charge in [0.1, 0.15) is 12.4 Å². The van der Waals surface area contributed by atoms with Crippen molar-refractivity contribution in [1.82, 2.24) is 5.43 Å². The number of rotatable bonds is 7. The van der Waals surface area contributed by atoms with Crippen LogP contribution in [-0.2, 0) is 14.8 Å². The monoisotopic (exact) mass is 393 g/mol. The molecule has 0 aliphatic heterocycles. The van der Waals surface area contributed by atoms with Crippen LogP contribution >= 0.6 is 0 Å². The van der Waals surface area contributed by atoms with E-state index in [-0.39, 0.29) is 11.3 Å². The molecule has 2 aromatic carbocycles. The molecule has 0 spiro atoms. The molecule has 0 bridgehead atoms. The molecule has 0 heterocycles. The number of benzene rings is 2. The highest BCUT2D eigenvalue weighted by atomic mass is 32.2. The van der Waals surface area contributed by atoms with Crippen molar-refractivity contribution in [2.75, 3.05) is 17.1 Å². The summed E-state index contributed by atoms with van der Waals surface area (Å²) >= 11 is 0. The van der Waals surface area contributed by atoms with Gasteiger partial charge >= 0.3 is 5.97 Å². The first-order valence-corrected chi connectivity index (χ1v) is 9.41. The maximum atomic E-state index is 13.9. The number of anilines is 1. The fourth-order valence-corrected chi connectivity index (χ4v) is 2.95. The van der Waals surface area contributed by atoms with Gasteiger partial charge in [0.25, 0.3) is 5.91 Å². The van der Waals surface area contributed by atoms with Crippen LogP contribution < -0.4 is 9.73 Å². The van der Waals surface area contributed by atoms with E-state index in [0.29, 0.717) is 9.87 Å². The van der Waals surface area contributed by atoms with Gasteiger partial charge in [-0.1, -0.05) is 24.3 Å². The van der Waals surface area contributed by atoms with Crippen LogP contribution in [0.25, 0.3) is 0 Å². The highest BCUT2D eigenvalue weighted by Crippen LogP contribution is 2.20. The fraction of sp³-hybridized carbons (Fsp3) is 0.118. The number of carboxylic acid groups (broad SMARTS) is 1.